The molecule has 1 aliphatic rings. The van der Waals surface area contributed by atoms with Gasteiger partial charge in [0.15, 0.2) is 5.82 Å². The summed E-state index contributed by atoms with van der Waals surface area (Å²) in [6.07, 6.45) is 5.21. The molecular weight excluding hydrogens is 338 g/mol. The van der Waals surface area contributed by atoms with Crippen LogP contribution in [0.3, 0.4) is 0 Å². The monoisotopic (exact) mass is 351 g/mol. The molecule has 0 unspecified atom stereocenters. The van der Waals surface area contributed by atoms with Crippen LogP contribution in [0.1, 0.15) is 16.8 Å². The number of aliphatic imine (C=N–C) groups is 1. The van der Waals surface area contributed by atoms with Gasteiger partial charge in [-0.15, -0.1) is 0 Å². The molecular formula is C18H14ClN5O. The van der Waals surface area contributed by atoms with Gasteiger partial charge in [0.05, 0.1) is 0 Å². The molecule has 0 aliphatic carbocycles. The fourth-order valence-corrected chi connectivity index (χ4v) is 2.80. The molecule has 25 heavy (non-hydrogen) atoms. The number of aromatic hydroxyl groups is 1. The number of fused-ring (bicyclic) bond motifs is 1. The minimum absolute atomic E-state index is 0.0770. The number of allylic oxidation sites excluding steroid dienone is 1. The highest BCUT2D eigenvalue weighted by molar-refractivity contribution is 6.30. The lowest BCUT2D eigenvalue weighted by Gasteiger charge is -2.03. The fraction of sp³-hybridized carbons (Fsp3) is 0.0556. The van der Waals surface area contributed by atoms with Crippen molar-refractivity contribution in [3.63, 3.8) is 0 Å². The van der Waals surface area contributed by atoms with E-state index in [1.165, 1.54) is 0 Å². The van der Waals surface area contributed by atoms with Gasteiger partial charge in [0.1, 0.15) is 5.69 Å². The Morgan fingerprint density at radius 2 is 2.16 bits per heavy atom. The number of benzene rings is 1. The highest BCUT2D eigenvalue weighted by Crippen LogP contribution is 2.31. The van der Waals surface area contributed by atoms with Crippen molar-refractivity contribution in [3.05, 3.63) is 64.4 Å². The minimum atomic E-state index is -0.0770. The third-order valence-electron chi connectivity index (χ3n) is 3.78. The Morgan fingerprint density at radius 1 is 1.24 bits per heavy atom. The zero-order valence-corrected chi connectivity index (χ0v) is 13.8. The van der Waals surface area contributed by atoms with Gasteiger partial charge in [-0.3, -0.25) is 0 Å². The third-order valence-corrected chi connectivity index (χ3v) is 4.02. The molecule has 0 spiro atoms. The van der Waals surface area contributed by atoms with Crippen molar-refractivity contribution in [3.8, 4) is 5.88 Å². The minimum Gasteiger partial charge on any atom is -0.492 e. The normalized spacial score (nSPS) is 14.0. The molecule has 0 fully saturated rings. The number of nitrogens with zero attached hydrogens (tertiary/aromatic N) is 3. The van der Waals surface area contributed by atoms with Crippen molar-refractivity contribution in [2.75, 3.05) is 5.32 Å². The van der Waals surface area contributed by atoms with Crippen LogP contribution >= 0.6 is 11.6 Å². The topological polar surface area (TPSA) is 86.2 Å². The summed E-state index contributed by atoms with van der Waals surface area (Å²) in [5, 5.41) is 13.9. The predicted molar refractivity (Wildman–Crippen MR) is 99.3 cm³/mol. The Balaban J connectivity index is 1.53. The molecule has 4 rings (SSSR count). The molecule has 7 heteroatoms. The van der Waals surface area contributed by atoms with Gasteiger partial charge in [-0.25, -0.2) is 9.98 Å². The number of hydrogen-bond acceptors (Lipinski definition) is 5. The molecule has 0 atom stereocenters. The number of aromatic amines is 1. The average Bonchev–Trinajstić information content (AvgIpc) is 3.18. The lowest BCUT2D eigenvalue weighted by molar-refractivity contribution is 0.455. The first kappa shape index (κ1) is 15.4. The van der Waals surface area contributed by atoms with Gasteiger partial charge in [-0.1, -0.05) is 23.7 Å². The molecule has 3 aromatic rings. The summed E-state index contributed by atoms with van der Waals surface area (Å²) < 4.78 is 0. The van der Waals surface area contributed by atoms with E-state index >= 15 is 0 Å². The van der Waals surface area contributed by atoms with Gasteiger partial charge in [0, 0.05) is 35.1 Å². The second kappa shape index (κ2) is 6.41. The van der Waals surface area contributed by atoms with Gasteiger partial charge >= 0.3 is 0 Å². The summed E-state index contributed by atoms with van der Waals surface area (Å²) in [5.74, 6) is 1.07. The molecule has 1 aliphatic heterocycles. The molecule has 3 N–H and O–H groups in total. The van der Waals surface area contributed by atoms with E-state index in [0.29, 0.717) is 29.0 Å². The van der Waals surface area contributed by atoms with E-state index < -0.39 is 0 Å². The molecule has 0 radical (unpaired) electrons. The van der Waals surface area contributed by atoms with Crippen molar-refractivity contribution in [2.24, 2.45) is 4.99 Å². The maximum Gasteiger partial charge on any atom is 0.238 e. The Hall–Kier alpha value is -3.12. The summed E-state index contributed by atoms with van der Waals surface area (Å²) in [6, 6.07) is 11.3. The summed E-state index contributed by atoms with van der Waals surface area (Å²) in [7, 11) is 0. The van der Waals surface area contributed by atoms with Crippen molar-refractivity contribution in [1.29, 1.82) is 0 Å². The lowest BCUT2D eigenvalue weighted by Crippen LogP contribution is -2.00. The van der Waals surface area contributed by atoms with Gasteiger partial charge in [-0.2, -0.15) is 4.98 Å². The first-order chi connectivity index (χ1) is 12.2. The number of imidazole rings is 1. The van der Waals surface area contributed by atoms with Gasteiger partial charge in [0.2, 0.25) is 11.8 Å². The first-order valence-corrected chi connectivity index (χ1v) is 8.05. The number of halogens is 1. The fourth-order valence-electron chi connectivity index (χ4n) is 2.59. The number of nitrogens with one attached hydrogen (secondary N) is 2. The molecule has 0 saturated heterocycles. The second-order valence-corrected chi connectivity index (χ2v) is 5.98. The average molecular weight is 352 g/mol. The van der Waals surface area contributed by atoms with E-state index in [2.05, 4.69) is 25.3 Å². The van der Waals surface area contributed by atoms with E-state index in [0.717, 1.165) is 16.7 Å². The van der Waals surface area contributed by atoms with Crippen LogP contribution in [-0.2, 0) is 6.54 Å². The van der Waals surface area contributed by atoms with Crippen LogP contribution in [0.4, 0.5) is 11.8 Å². The van der Waals surface area contributed by atoms with Crippen LogP contribution in [-0.4, -0.2) is 26.3 Å². The number of rotatable bonds is 4. The number of aromatic nitrogens is 3. The molecule has 0 bridgehead atoms. The molecule has 0 saturated carbocycles. The lowest BCUT2D eigenvalue weighted by atomic mass is 10.1. The zero-order chi connectivity index (χ0) is 17.2. The van der Waals surface area contributed by atoms with Gasteiger partial charge < -0.3 is 15.4 Å². The van der Waals surface area contributed by atoms with Crippen molar-refractivity contribution >= 4 is 41.2 Å². The highest BCUT2D eigenvalue weighted by atomic mass is 35.5. The maximum atomic E-state index is 10.1. The Bertz CT molecular complexity index is 993. The SMILES string of the molecule is Oc1nc(NCc2cccc(Cl)c2)[nH]c1/C=C1\C=Nc2ncccc21. The van der Waals surface area contributed by atoms with Crippen LogP contribution in [0, 0.1) is 0 Å². The van der Waals surface area contributed by atoms with Crippen molar-refractivity contribution in [2.45, 2.75) is 6.54 Å². The number of anilines is 1. The van der Waals surface area contributed by atoms with Crippen LogP contribution in [0.25, 0.3) is 11.6 Å². The molecule has 124 valence electrons. The second-order valence-electron chi connectivity index (χ2n) is 5.54. The van der Waals surface area contributed by atoms with Crippen molar-refractivity contribution < 1.29 is 5.11 Å². The number of pyridine rings is 1. The van der Waals surface area contributed by atoms with E-state index in [4.69, 9.17) is 11.6 Å². The maximum absolute atomic E-state index is 10.1. The Morgan fingerprint density at radius 3 is 3.04 bits per heavy atom. The van der Waals surface area contributed by atoms with Crippen molar-refractivity contribution in [1.82, 2.24) is 15.0 Å². The van der Waals surface area contributed by atoms with E-state index in [-0.39, 0.29) is 5.88 Å². The van der Waals surface area contributed by atoms with Crippen LogP contribution in [0.15, 0.2) is 47.6 Å². The molecule has 2 aromatic heterocycles. The first-order valence-electron chi connectivity index (χ1n) is 7.67. The predicted octanol–water partition coefficient (Wildman–Crippen LogP) is 4.03. The van der Waals surface area contributed by atoms with Gasteiger partial charge in [0.25, 0.3) is 0 Å². The van der Waals surface area contributed by atoms with E-state index in [9.17, 15) is 5.11 Å². The molecule has 6 nitrogen and oxygen atoms in total. The molecule has 0 amide bonds. The van der Waals surface area contributed by atoms with Crippen LogP contribution in [0.2, 0.25) is 5.02 Å². The van der Waals surface area contributed by atoms with E-state index in [1.807, 2.05) is 36.4 Å². The summed E-state index contributed by atoms with van der Waals surface area (Å²) in [6.45, 7) is 0.539. The van der Waals surface area contributed by atoms with Gasteiger partial charge in [-0.05, 0) is 35.9 Å². The largest absolute Gasteiger partial charge is 0.492 e. The van der Waals surface area contributed by atoms with Crippen LogP contribution < -0.4 is 5.32 Å². The smallest absolute Gasteiger partial charge is 0.238 e. The third kappa shape index (κ3) is 3.25. The highest BCUT2D eigenvalue weighted by Gasteiger charge is 2.14. The molecule has 1 aromatic carbocycles. The summed E-state index contributed by atoms with van der Waals surface area (Å²) in [4.78, 5) is 15.6. The summed E-state index contributed by atoms with van der Waals surface area (Å²) in [5.41, 5.74) is 3.31. The van der Waals surface area contributed by atoms with Crippen LogP contribution in [0.5, 0.6) is 5.88 Å². The standard InChI is InChI=1S/C18H14ClN5O/c19-13-4-1-3-11(7-13)9-22-18-23-15(17(25)24-18)8-12-10-21-16-14(12)5-2-6-20-16/h1-8,10,25H,9H2,(H2,22,23,24)/b12-8+. The Kier molecular flexibility index (Phi) is 3.95. The molecule has 3 heterocycles. The number of H-pyrrole nitrogens is 1. The quantitative estimate of drug-likeness (QED) is 0.662. The zero-order valence-electron chi connectivity index (χ0n) is 13.1. The number of hydrogen-bond donors (Lipinski definition) is 3. The Labute approximate surface area is 149 Å². The summed E-state index contributed by atoms with van der Waals surface area (Å²) >= 11 is 5.98. The van der Waals surface area contributed by atoms with E-state index in [1.54, 1.807) is 18.5 Å².